The Labute approximate surface area is 113 Å². The second-order valence-electron chi connectivity index (χ2n) is 4.85. The zero-order chi connectivity index (χ0) is 13.7. The normalized spacial score (nSPS) is 12.5. The molecule has 0 aliphatic carbocycles. The van der Waals surface area contributed by atoms with E-state index in [1.165, 1.54) is 16.3 Å². The number of carbonyl (C=O) groups excluding carboxylic acids is 1. The van der Waals surface area contributed by atoms with E-state index in [1.54, 1.807) is 0 Å². The van der Waals surface area contributed by atoms with Crippen LogP contribution in [-0.2, 0) is 4.79 Å². The molecule has 0 saturated carbocycles. The van der Waals surface area contributed by atoms with E-state index in [-0.39, 0.29) is 11.9 Å². The first-order valence-electron chi connectivity index (χ1n) is 6.67. The van der Waals surface area contributed by atoms with Crippen molar-refractivity contribution < 1.29 is 4.79 Å². The molecule has 100 valence electrons. The summed E-state index contributed by atoms with van der Waals surface area (Å²) in [5.74, 6) is -0.236. The summed E-state index contributed by atoms with van der Waals surface area (Å²) in [5.41, 5.74) is 6.38. The van der Waals surface area contributed by atoms with Crippen LogP contribution in [0.1, 0.15) is 31.4 Å². The van der Waals surface area contributed by atoms with Gasteiger partial charge in [0.05, 0.1) is 0 Å². The molecule has 0 radical (unpaired) electrons. The van der Waals surface area contributed by atoms with Gasteiger partial charge in [0.2, 0.25) is 5.91 Å². The topological polar surface area (TPSA) is 55.1 Å². The summed E-state index contributed by atoms with van der Waals surface area (Å²) in [6.07, 6.45) is 1.23. The standard InChI is InChI=1S/C16H20N2O/c1-12(18-10-4-7-16(17)19)14-9-8-13-5-2-3-6-15(13)11-14/h2-3,5-6,8-9,11-12,18H,4,7,10H2,1H3,(H2,17,19). The fraction of sp³-hybridized carbons (Fsp3) is 0.312. The molecule has 3 N–H and O–H groups in total. The van der Waals surface area contributed by atoms with Crippen LogP contribution in [0.25, 0.3) is 10.8 Å². The maximum Gasteiger partial charge on any atom is 0.217 e. The smallest absolute Gasteiger partial charge is 0.217 e. The van der Waals surface area contributed by atoms with E-state index in [0.717, 1.165) is 13.0 Å². The van der Waals surface area contributed by atoms with Gasteiger partial charge in [-0.15, -0.1) is 0 Å². The number of rotatable bonds is 6. The van der Waals surface area contributed by atoms with E-state index in [4.69, 9.17) is 5.73 Å². The van der Waals surface area contributed by atoms with Crippen molar-refractivity contribution >= 4 is 16.7 Å². The predicted octanol–water partition coefficient (Wildman–Crippen LogP) is 2.76. The highest BCUT2D eigenvalue weighted by Gasteiger charge is 2.05. The SMILES string of the molecule is CC(NCCCC(N)=O)c1ccc2ccccc2c1. The lowest BCUT2D eigenvalue weighted by Crippen LogP contribution is -2.21. The van der Waals surface area contributed by atoms with Crippen LogP contribution in [0.2, 0.25) is 0 Å². The summed E-state index contributed by atoms with van der Waals surface area (Å²) in [6, 6.07) is 15.1. The van der Waals surface area contributed by atoms with Gasteiger partial charge in [-0.3, -0.25) is 4.79 Å². The Balaban J connectivity index is 1.97. The van der Waals surface area contributed by atoms with Gasteiger partial charge in [-0.25, -0.2) is 0 Å². The second-order valence-corrected chi connectivity index (χ2v) is 4.85. The van der Waals surface area contributed by atoms with Crippen molar-refractivity contribution in [2.45, 2.75) is 25.8 Å². The van der Waals surface area contributed by atoms with Gasteiger partial charge in [0, 0.05) is 12.5 Å². The van der Waals surface area contributed by atoms with Crippen molar-refractivity contribution in [3.8, 4) is 0 Å². The van der Waals surface area contributed by atoms with Crippen molar-refractivity contribution in [3.05, 3.63) is 48.0 Å². The Hall–Kier alpha value is -1.87. The number of nitrogens with one attached hydrogen (secondary N) is 1. The van der Waals surface area contributed by atoms with Crippen LogP contribution in [0.5, 0.6) is 0 Å². The number of carbonyl (C=O) groups is 1. The van der Waals surface area contributed by atoms with Crippen LogP contribution in [0.15, 0.2) is 42.5 Å². The molecule has 0 fully saturated rings. The minimum absolute atomic E-state index is 0.236. The molecule has 0 heterocycles. The van der Waals surface area contributed by atoms with E-state index in [0.29, 0.717) is 6.42 Å². The Morgan fingerprint density at radius 3 is 2.68 bits per heavy atom. The van der Waals surface area contributed by atoms with Gasteiger partial charge in [0.1, 0.15) is 0 Å². The van der Waals surface area contributed by atoms with Crippen LogP contribution in [0.4, 0.5) is 0 Å². The Kier molecular flexibility index (Phi) is 4.53. The average Bonchev–Trinajstić information content (AvgIpc) is 2.42. The largest absolute Gasteiger partial charge is 0.370 e. The van der Waals surface area contributed by atoms with E-state index >= 15 is 0 Å². The van der Waals surface area contributed by atoms with Crippen molar-refractivity contribution in [1.82, 2.24) is 5.32 Å². The fourth-order valence-corrected chi connectivity index (χ4v) is 2.18. The summed E-state index contributed by atoms with van der Waals surface area (Å²) < 4.78 is 0. The third-order valence-electron chi connectivity index (χ3n) is 3.32. The lowest BCUT2D eigenvalue weighted by Gasteiger charge is -2.14. The Morgan fingerprint density at radius 2 is 1.95 bits per heavy atom. The summed E-state index contributed by atoms with van der Waals surface area (Å²) >= 11 is 0. The van der Waals surface area contributed by atoms with Gasteiger partial charge in [-0.1, -0.05) is 36.4 Å². The molecule has 0 aromatic heterocycles. The minimum atomic E-state index is -0.236. The molecule has 0 aliphatic rings. The number of fused-ring (bicyclic) bond motifs is 1. The van der Waals surface area contributed by atoms with Crippen molar-refractivity contribution in [1.29, 1.82) is 0 Å². The highest BCUT2D eigenvalue weighted by atomic mass is 16.1. The molecule has 0 spiro atoms. The van der Waals surface area contributed by atoms with Gasteiger partial charge in [-0.05, 0) is 42.3 Å². The van der Waals surface area contributed by atoms with Crippen LogP contribution in [0.3, 0.4) is 0 Å². The molecule has 0 aliphatic heterocycles. The molecule has 2 aromatic rings. The zero-order valence-electron chi connectivity index (χ0n) is 11.2. The number of benzene rings is 2. The van der Waals surface area contributed by atoms with Crippen molar-refractivity contribution in [3.63, 3.8) is 0 Å². The number of nitrogens with two attached hydrogens (primary N) is 1. The first-order valence-corrected chi connectivity index (χ1v) is 6.67. The molecule has 1 atom stereocenters. The molecule has 3 heteroatoms. The average molecular weight is 256 g/mol. The molecular weight excluding hydrogens is 236 g/mol. The Bertz CT molecular complexity index is 565. The quantitative estimate of drug-likeness (QED) is 0.781. The first kappa shape index (κ1) is 13.6. The third-order valence-corrected chi connectivity index (χ3v) is 3.32. The molecule has 1 amide bonds. The lowest BCUT2D eigenvalue weighted by atomic mass is 10.0. The lowest BCUT2D eigenvalue weighted by molar-refractivity contribution is -0.118. The summed E-state index contributed by atoms with van der Waals surface area (Å²) in [5, 5.41) is 5.92. The van der Waals surface area contributed by atoms with Gasteiger partial charge >= 0.3 is 0 Å². The van der Waals surface area contributed by atoms with Crippen molar-refractivity contribution in [2.24, 2.45) is 5.73 Å². The van der Waals surface area contributed by atoms with Gasteiger partial charge < -0.3 is 11.1 Å². The Morgan fingerprint density at radius 1 is 1.21 bits per heavy atom. The molecular formula is C16H20N2O. The van der Waals surface area contributed by atoms with Gasteiger partial charge in [0.25, 0.3) is 0 Å². The van der Waals surface area contributed by atoms with E-state index in [2.05, 4.69) is 48.6 Å². The molecule has 19 heavy (non-hydrogen) atoms. The second kappa shape index (κ2) is 6.34. The molecule has 0 bridgehead atoms. The zero-order valence-corrected chi connectivity index (χ0v) is 11.2. The van der Waals surface area contributed by atoms with Crippen LogP contribution < -0.4 is 11.1 Å². The summed E-state index contributed by atoms with van der Waals surface area (Å²) in [6.45, 7) is 2.94. The molecule has 3 nitrogen and oxygen atoms in total. The molecule has 2 rings (SSSR count). The summed E-state index contributed by atoms with van der Waals surface area (Å²) in [4.78, 5) is 10.7. The summed E-state index contributed by atoms with van der Waals surface area (Å²) in [7, 11) is 0. The number of primary amides is 1. The maximum absolute atomic E-state index is 10.7. The van der Waals surface area contributed by atoms with Crippen LogP contribution >= 0.6 is 0 Å². The number of hydrogen-bond acceptors (Lipinski definition) is 2. The van der Waals surface area contributed by atoms with Crippen LogP contribution in [0, 0.1) is 0 Å². The first-order chi connectivity index (χ1) is 9.16. The highest BCUT2D eigenvalue weighted by molar-refractivity contribution is 5.83. The monoisotopic (exact) mass is 256 g/mol. The third kappa shape index (κ3) is 3.80. The van der Waals surface area contributed by atoms with E-state index in [1.807, 2.05) is 6.07 Å². The molecule has 1 unspecified atom stereocenters. The van der Waals surface area contributed by atoms with Crippen molar-refractivity contribution in [2.75, 3.05) is 6.54 Å². The fourth-order valence-electron chi connectivity index (χ4n) is 2.18. The maximum atomic E-state index is 10.7. The van der Waals surface area contributed by atoms with Crippen LogP contribution in [-0.4, -0.2) is 12.5 Å². The van der Waals surface area contributed by atoms with Gasteiger partial charge in [-0.2, -0.15) is 0 Å². The number of hydrogen-bond donors (Lipinski definition) is 2. The van der Waals surface area contributed by atoms with E-state index < -0.39 is 0 Å². The highest BCUT2D eigenvalue weighted by Crippen LogP contribution is 2.20. The molecule has 0 saturated heterocycles. The van der Waals surface area contributed by atoms with E-state index in [9.17, 15) is 4.79 Å². The van der Waals surface area contributed by atoms with Gasteiger partial charge in [0.15, 0.2) is 0 Å². The molecule has 2 aromatic carbocycles. The minimum Gasteiger partial charge on any atom is -0.370 e. The number of amides is 1. The predicted molar refractivity (Wildman–Crippen MR) is 78.8 cm³/mol.